The van der Waals surface area contributed by atoms with Crippen LogP contribution in [0.4, 0.5) is 11.6 Å². The fraction of sp³-hybridized carbons (Fsp3) is 0.133. The van der Waals surface area contributed by atoms with Crippen molar-refractivity contribution in [1.29, 1.82) is 0 Å². The van der Waals surface area contributed by atoms with Crippen LogP contribution >= 0.6 is 0 Å². The number of ketones is 1. The zero-order chi connectivity index (χ0) is 15.5. The van der Waals surface area contributed by atoms with Crippen LogP contribution in [-0.2, 0) is 7.05 Å². The van der Waals surface area contributed by atoms with Crippen molar-refractivity contribution >= 4 is 17.4 Å². The lowest BCUT2D eigenvalue weighted by atomic mass is 10.2. The molecule has 3 rings (SSSR count). The van der Waals surface area contributed by atoms with Gasteiger partial charge in [-0.3, -0.25) is 14.5 Å². The van der Waals surface area contributed by atoms with Crippen molar-refractivity contribution in [2.75, 3.05) is 5.32 Å². The molecular formula is C15H14N6O. The van der Waals surface area contributed by atoms with Gasteiger partial charge in [-0.15, -0.1) is 0 Å². The lowest BCUT2D eigenvalue weighted by molar-refractivity contribution is 0.101. The Hall–Kier alpha value is -3.09. The molecule has 3 aromatic heterocycles. The minimum absolute atomic E-state index is 0.0619. The highest BCUT2D eigenvalue weighted by molar-refractivity contribution is 5.92. The molecule has 7 heteroatoms. The lowest BCUT2D eigenvalue weighted by Crippen LogP contribution is -1.99. The van der Waals surface area contributed by atoms with Crippen molar-refractivity contribution in [3.05, 3.63) is 48.7 Å². The first-order valence-corrected chi connectivity index (χ1v) is 6.68. The van der Waals surface area contributed by atoms with Gasteiger partial charge in [0.1, 0.15) is 5.69 Å². The van der Waals surface area contributed by atoms with Crippen LogP contribution in [0.5, 0.6) is 0 Å². The van der Waals surface area contributed by atoms with Gasteiger partial charge in [0.15, 0.2) is 5.78 Å². The number of aryl methyl sites for hydroxylation is 1. The Morgan fingerprint density at radius 2 is 2.05 bits per heavy atom. The van der Waals surface area contributed by atoms with Crippen molar-refractivity contribution in [2.24, 2.45) is 7.05 Å². The molecule has 0 bridgehead atoms. The highest BCUT2D eigenvalue weighted by Crippen LogP contribution is 2.18. The summed E-state index contributed by atoms with van der Waals surface area (Å²) < 4.78 is 1.69. The van der Waals surface area contributed by atoms with E-state index in [4.69, 9.17) is 0 Å². The van der Waals surface area contributed by atoms with Gasteiger partial charge in [0.2, 0.25) is 5.95 Å². The Morgan fingerprint density at radius 3 is 2.68 bits per heavy atom. The average Bonchev–Trinajstić information content (AvgIpc) is 2.93. The van der Waals surface area contributed by atoms with E-state index in [2.05, 4.69) is 25.4 Å². The number of rotatable bonds is 4. The summed E-state index contributed by atoms with van der Waals surface area (Å²) in [5.41, 5.74) is 2.79. The molecule has 0 aliphatic heterocycles. The number of hydrogen-bond acceptors (Lipinski definition) is 6. The number of aromatic nitrogens is 5. The van der Waals surface area contributed by atoms with Gasteiger partial charge in [-0.1, -0.05) is 0 Å². The van der Waals surface area contributed by atoms with Gasteiger partial charge in [0.25, 0.3) is 0 Å². The predicted molar refractivity (Wildman–Crippen MR) is 81.8 cm³/mol. The molecule has 0 saturated heterocycles. The van der Waals surface area contributed by atoms with Crippen LogP contribution in [0.2, 0.25) is 0 Å². The quantitative estimate of drug-likeness (QED) is 0.743. The van der Waals surface area contributed by atoms with Crippen LogP contribution in [0.3, 0.4) is 0 Å². The Balaban J connectivity index is 1.85. The number of Topliss-reactive ketones (excluding diaryl/α,β-unsaturated/α-hetero) is 1. The molecule has 3 heterocycles. The molecule has 0 unspecified atom stereocenters. The van der Waals surface area contributed by atoms with Crippen molar-refractivity contribution < 1.29 is 4.79 Å². The Labute approximate surface area is 127 Å². The SMILES string of the molecule is CC(=O)c1ccc(-c2ccnc(Nc3cnn(C)c3)n2)cn1. The summed E-state index contributed by atoms with van der Waals surface area (Å²) in [4.78, 5) is 24.0. The van der Waals surface area contributed by atoms with Crippen molar-refractivity contribution in [3.8, 4) is 11.3 Å². The fourth-order valence-corrected chi connectivity index (χ4v) is 1.95. The molecule has 22 heavy (non-hydrogen) atoms. The zero-order valence-electron chi connectivity index (χ0n) is 12.2. The van der Waals surface area contributed by atoms with Crippen LogP contribution in [0.15, 0.2) is 43.0 Å². The maximum Gasteiger partial charge on any atom is 0.227 e. The van der Waals surface area contributed by atoms with E-state index in [9.17, 15) is 4.79 Å². The van der Waals surface area contributed by atoms with Crippen molar-refractivity contribution in [2.45, 2.75) is 6.92 Å². The molecule has 3 aromatic rings. The molecule has 0 spiro atoms. The van der Waals surface area contributed by atoms with E-state index < -0.39 is 0 Å². The summed E-state index contributed by atoms with van der Waals surface area (Å²) in [5, 5.41) is 7.16. The minimum atomic E-state index is -0.0619. The van der Waals surface area contributed by atoms with Gasteiger partial charge >= 0.3 is 0 Å². The van der Waals surface area contributed by atoms with E-state index in [1.165, 1.54) is 6.92 Å². The number of anilines is 2. The minimum Gasteiger partial charge on any atom is -0.321 e. The number of carbonyl (C=O) groups is 1. The maximum atomic E-state index is 11.2. The van der Waals surface area contributed by atoms with Crippen LogP contribution in [0.25, 0.3) is 11.3 Å². The monoisotopic (exact) mass is 294 g/mol. The van der Waals surface area contributed by atoms with Crippen LogP contribution in [0.1, 0.15) is 17.4 Å². The molecule has 110 valence electrons. The van der Waals surface area contributed by atoms with Gasteiger partial charge in [-0.2, -0.15) is 5.10 Å². The Bertz CT molecular complexity index is 809. The second-order valence-electron chi connectivity index (χ2n) is 4.78. The maximum absolute atomic E-state index is 11.2. The molecule has 0 amide bonds. The van der Waals surface area contributed by atoms with E-state index in [0.717, 1.165) is 16.9 Å². The first-order valence-electron chi connectivity index (χ1n) is 6.68. The van der Waals surface area contributed by atoms with E-state index in [-0.39, 0.29) is 5.78 Å². The first kappa shape index (κ1) is 13.9. The normalized spacial score (nSPS) is 10.5. The number of hydrogen-bond donors (Lipinski definition) is 1. The Morgan fingerprint density at radius 1 is 1.18 bits per heavy atom. The van der Waals surface area contributed by atoms with E-state index >= 15 is 0 Å². The molecule has 0 aliphatic rings. The molecule has 0 fully saturated rings. The van der Waals surface area contributed by atoms with Gasteiger partial charge in [0.05, 0.1) is 17.6 Å². The highest BCUT2D eigenvalue weighted by atomic mass is 16.1. The summed E-state index contributed by atoms with van der Waals surface area (Å²) in [6, 6.07) is 5.30. The van der Waals surface area contributed by atoms with Crippen molar-refractivity contribution in [1.82, 2.24) is 24.7 Å². The van der Waals surface area contributed by atoms with Gasteiger partial charge in [-0.05, 0) is 18.2 Å². The second-order valence-corrected chi connectivity index (χ2v) is 4.78. The third-order valence-electron chi connectivity index (χ3n) is 3.04. The number of nitrogens with one attached hydrogen (secondary N) is 1. The topological polar surface area (TPSA) is 85.6 Å². The fourth-order valence-electron chi connectivity index (χ4n) is 1.95. The highest BCUT2D eigenvalue weighted by Gasteiger charge is 2.06. The van der Waals surface area contributed by atoms with Gasteiger partial charge < -0.3 is 5.32 Å². The van der Waals surface area contributed by atoms with Crippen LogP contribution in [0, 0.1) is 0 Å². The summed E-state index contributed by atoms with van der Waals surface area (Å²) >= 11 is 0. The van der Waals surface area contributed by atoms with Crippen LogP contribution < -0.4 is 5.32 Å². The first-order chi connectivity index (χ1) is 10.6. The largest absolute Gasteiger partial charge is 0.321 e. The molecular weight excluding hydrogens is 280 g/mol. The van der Waals surface area contributed by atoms with Crippen LogP contribution in [-0.4, -0.2) is 30.5 Å². The average molecular weight is 294 g/mol. The van der Waals surface area contributed by atoms with E-state index in [1.54, 1.807) is 35.4 Å². The molecule has 0 radical (unpaired) electrons. The molecule has 0 aliphatic carbocycles. The summed E-state index contributed by atoms with van der Waals surface area (Å²) in [5.74, 6) is 0.411. The summed E-state index contributed by atoms with van der Waals surface area (Å²) in [6.07, 6.45) is 6.82. The molecule has 0 atom stereocenters. The molecule has 0 saturated carbocycles. The third-order valence-corrected chi connectivity index (χ3v) is 3.04. The van der Waals surface area contributed by atoms with Gasteiger partial charge in [-0.25, -0.2) is 9.97 Å². The number of carbonyl (C=O) groups excluding carboxylic acids is 1. The number of nitrogens with zero attached hydrogens (tertiary/aromatic N) is 5. The summed E-state index contributed by atoms with van der Waals surface area (Å²) in [6.45, 7) is 1.49. The standard InChI is InChI=1S/C15H14N6O/c1-10(22)13-4-3-11(7-17-13)14-5-6-16-15(20-14)19-12-8-18-21(2)9-12/h3-9H,1-2H3,(H,16,19,20). The van der Waals surface area contributed by atoms with E-state index in [1.807, 2.05) is 19.3 Å². The smallest absolute Gasteiger partial charge is 0.227 e. The van der Waals surface area contributed by atoms with Gasteiger partial charge in [0, 0.05) is 38.1 Å². The summed E-state index contributed by atoms with van der Waals surface area (Å²) in [7, 11) is 1.84. The Kier molecular flexibility index (Phi) is 3.61. The molecule has 0 aromatic carbocycles. The predicted octanol–water partition coefficient (Wildman–Crippen LogP) is 2.22. The third kappa shape index (κ3) is 2.98. The lowest BCUT2D eigenvalue weighted by Gasteiger charge is -2.05. The van der Waals surface area contributed by atoms with Crippen molar-refractivity contribution in [3.63, 3.8) is 0 Å². The molecule has 1 N–H and O–H groups in total. The van der Waals surface area contributed by atoms with E-state index in [0.29, 0.717) is 11.6 Å². The number of pyridine rings is 1. The zero-order valence-corrected chi connectivity index (χ0v) is 12.2. The molecule has 7 nitrogen and oxygen atoms in total. The second kappa shape index (κ2) is 5.72.